The first kappa shape index (κ1) is 11.2. The Labute approximate surface area is 88.0 Å². The third kappa shape index (κ3) is 2.56. The molecule has 3 nitrogen and oxygen atoms in total. The van der Waals surface area contributed by atoms with Crippen LogP contribution in [0.15, 0.2) is 30.9 Å². The Hall–Kier alpha value is -1.84. The fourth-order valence-electron chi connectivity index (χ4n) is 1.19. The molecule has 0 unspecified atom stereocenters. The number of anilines is 1. The molecule has 2 N–H and O–H groups in total. The normalized spacial score (nSPS) is 9.73. The van der Waals surface area contributed by atoms with E-state index in [1.807, 2.05) is 0 Å². The first-order chi connectivity index (χ1) is 7.06. The Bertz CT molecular complexity index is 390. The number of hydrogen-bond donors (Lipinski definition) is 1. The van der Waals surface area contributed by atoms with Crippen molar-refractivity contribution < 1.29 is 9.18 Å². The van der Waals surface area contributed by atoms with Gasteiger partial charge in [0.2, 0.25) is 0 Å². The van der Waals surface area contributed by atoms with Crippen LogP contribution in [0.5, 0.6) is 0 Å². The highest BCUT2D eigenvalue weighted by molar-refractivity contribution is 5.94. The molecule has 0 radical (unpaired) electrons. The Morgan fingerprint density at radius 3 is 2.87 bits per heavy atom. The van der Waals surface area contributed by atoms with Gasteiger partial charge in [0.1, 0.15) is 5.82 Å². The van der Waals surface area contributed by atoms with Gasteiger partial charge in [-0.25, -0.2) is 4.39 Å². The standard InChI is InChI=1S/C11H13FN2O/c1-3-6-14(2)11(15)9-5-4-8(13)7-10(9)12/h3-5,7H,1,6,13H2,2H3. The molecule has 15 heavy (non-hydrogen) atoms. The summed E-state index contributed by atoms with van der Waals surface area (Å²) in [5.74, 6) is -0.983. The van der Waals surface area contributed by atoms with E-state index < -0.39 is 5.82 Å². The highest BCUT2D eigenvalue weighted by Crippen LogP contribution is 2.13. The number of halogens is 1. The van der Waals surface area contributed by atoms with Gasteiger partial charge in [-0.2, -0.15) is 0 Å². The van der Waals surface area contributed by atoms with Gasteiger partial charge in [-0.05, 0) is 18.2 Å². The van der Waals surface area contributed by atoms with Gasteiger partial charge in [0.25, 0.3) is 5.91 Å². The molecule has 1 aromatic carbocycles. The number of likely N-dealkylation sites (N-methyl/N-ethyl adjacent to an activating group) is 1. The molecule has 0 aliphatic heterocycles. The minimum atomic E-state index is -0.601. The van der Waals surface area contributed by atoms with Gasteiger partial charge in [0, 0.05) is 19.3 Å². The van der Waals surface area contributed by atoms with Crippen LogP contribution in [-0.2, 0) is 0 Å². The number of amides is 1. The molecule has 0 saturated heterocycles. The van der Waals surface area contributed by atoms with Crippen LogP contribution in [0.1, 0.15) is 10.4 Å². The molecule has 0 spiro atoms. The van der Waals surface area contributed by atoms with E-state index in [4.69, 9.17) is 5.73 Å². The van der Waals surface area contributed by atoms with E-state index in [1.54, 1.807) is 13.1 Å². The van der Waals surface area contributed by atoms with Gasteiger partial charge < -0.3 is 10.6 Å². The summed E-state index contributed by atoms with van der Waals surface area (Å²) in [5.41, 5.74) is 5.70. The molecular formula is C11H13FN2O. The minimum Gasteiger partial charge on any atom is -0.399 e. The third-order valence-electron chi connectivity index (χ3n) is 1.97. The summed E-state index contributed by atoms with van der Waals surface area (Å²) in [6.45, 7) is 3.88. The molecule has 0 atom stereocenters. The smallest absolute Gasteiger partial charge is 0.256 e. The maximum absolute atomic E-state index is 13.3. The predicted molar refractivity (Wildman–Crippen MR) is 58.0 cm³/mol. The van der Waals surface area contributed by atoms with Crippen LogP contribution in [0.4, 0.5) is 10.1 Å². The maximum Gasteiger partial charge on any atom is 0.256 e. The van der Waals surface area contributed by atoms with Crippen molar-refractivity contribution in [2.45, 2.75) is 0 Å². The van der Waals surface area contributed by atoms with Crippen molar-refractivity contribution in [1.29, 1.82) is 0 Å². The molecular weight excluding hydrogens is 195 g/mol. The van der Waals surface area contributed by atoms with Crippen molar-refractivity contribution in [2.24, 2.45) is 0 Å². The highest BCUT2D eigenvalue weighted by atomic mass is 19.1. The van der Waals surface area contributed by atoms with Crippen LogP contribution >= 0.6 is 0 Å². The summed E-state index contributed by atoms with van der Waals surface area (Å²) in [6, 6.07) is 4.01. The molecule has 80 valence electrons. The second-order valence-electron chi connectivity index (χ2n) is 3.21. The Kier molecular flexibility index (Phi) is 3.44. The molecule has 0 bridgehead atoms. The quantitative estimate of drug-likeness (QED) is 0.606. The fourth-order valence-corrected chi connectivity index (χ4v) is 1.19. The summed E-state index contributed by atoms with van der Waals surface area (Å²) in [5, 5.41) is 0. The van der Waals surface area contributed by atoms with Crippen LogP contribution in [-0.4, -0.2) is 24.4 Å². The lowest BCUT2D eigenvalue weighted by atomic mass is 10.1. The number of nitrogen functional groups attached to an aromatic ring is 1. The van der Waals surface area contributed by atoms with Crippen LogP contribution in [0.25, 0.3) is 0 Å². The molecule has 4 heteroatoms. The van der Waals surface area contributed by atoms with E-state index in [1.165, 1.54) is 17.0 Å². The second kappa shape index (κ2) is 4.59. The number of hydrogen-bond acceptors (Lipinski definition) is 2. The maximum atomic E-state index is 13.3. The van der Waals surface area contributed by atoms with Crippen molar-refractivity contribution in [3.05, 3.63) is 42.2 Å². The number of rotatable bonds is 3. The lowest BCUT2D eigenvalue weighted by molar-refractivity contribution is 0.0805. The Morgan fingerprint density at radius 2 is 2.33 bits per heavy atom. The number of nitrogens with two attached hydrogens (primary N) is 1. The van der Waals surface area contributed by atoms with E-state index in [9.17, 15) is 9.18 Å². The van der Waals surface area contributed by atoms with Crippen molar-refractivity contribution >= 4 is 11.6 Å². The fraction of sp³-hybridized carbons (Fsp3) is 0.182. The van der Waals surface area contributed by atoms with Gasteiger partial charge in [-0.3, -0.25) is 4.79 Å². The lowest BCUT2D eigenvalue weighted by Crippen LogP contribution is -2.27. The van der Waals surface area contributed by atoms with Crippen LogP contribution in [0, 0.1) is 5.82 Å². The molecule has 0 aliphatic carbocycles. The average molecular weight is 208 g/mol. The summed E-state index contributed by atoms with van der Waals surface area (Å²) in [4.78, 5) is 13.0. The topological polar surface area (TPSA) is 46.3 Å². The minimum absolute atomic E-state index is 0.0218. The zero-order valence-corrected chi connectivity index (χ0v) is 8.53. The number of carbonyl (C=O) groups excluding carboxylic acids is 1. The monoisotopic (exact) mass is 208 g/mol. The first-order valence-electron chi connectivity index (χ1n) is 4.47. The van der Waals surface area contributed by atoms with Crippen LogP contribution in [0.3, 0.4) is 0 Å². The van der Waals surface area contributed by atoms with Crippen molar-refractivity contribution in [2.75, 3.05) is 19.3 Å². The van der Waals surface area contributed by atoms with E-state index in [-0.39, 0.29) is 11.5 Å². The number of carbonyl (C=O) groups is 1. The molecule has 1 rings (SSSR count). The number of nitrogens with zero attached hydrogens (tertiary/aromatic N) is 1. The lowest BCUT2D eigenvalue weighted by Gasteiger charge is -2.15. The summed E-state index contributed by atoms with van der Waals surface area (Å²) >= 11 is 0. The summed E-state index contributed by atoms with van der Waals surface area (Å²) in [7, 11) is 1.58. The molecule has 0 aromatic heterocycles. The first-order valence-corrected chi connectivity index (χ1v) is 4.47. The van der Waals surface area contributed by atoms with Gasteiger partial charge in [-0.1, -0.05) is 6.08 Å². The summed E-state index contributed by atoms with van der Waals surface area (Å²) < 4.78 is 13.3. The van der Waals surface area contributed by atoms with Crippen molar-refractivity contribution in [1.82, 2.24) is 4.90 Å². The van der Waals surface area contributed by atoms with E-state index in [2.05, 4.69) is 6.58 Å². The summed E-state index contributed by atoms with van der Waals surface area (Å²) in [6.07, 6.45) is 1.58. The van der Waals surface area contributed by atoms with Crippen molar-refractivity contribution in [3.8, 4) is 0 Å². The van der Waals surface area contributed by atoms with E-state index in [0.717, 1.165) is 6.07 Å². The van der Waals surface area contributed by atoms with E-state index >= 15 is 0 Å². The van der Waals surface area contributed by atoms with Crippen LogP contribution in [0.2, 0.25) is 0 Å². The molecule has 1 aromatic rings. The molecule has 0 heterocycles. The molecule has 0 aliphatic rings. The zero-order valence-electron chi connectivity index (χ0n) is 8.53. The second-order valence-corrected chi connectivity index (χ2v) is 3.21. The zero-order chi connectivity index (χ0) is 11.4. The van der Waals surface area contributed by atoms with E-state index in [0.29, 0.717) is 12.2 Å². The molecule has 0 fully saturated rings. The SMILES string of the molecule is C=CCN(C)C(=O)c1ccc(N)cc1F. The van der Waals surface area contributed by atoms with Gasteiger partial charge in [0.05, 0.1) is 5.56 Å². The van der Waals surface area contributed by atoms with Gasteiger partial charge in [0.15, 0.2) is 0 Å². The largest absolute Gasteiger partial charge is 0.399 e. The highest BCUT2D eigenvalue weighted by Gasteiger charge is 2.14. The molecule has 1 amide bonds. The predicted octanol–water partition coefficient (Wildman–Crippen LogP) is 1.67. The third-order valence-corrected chi connectivity index (χ3v) is 1.97. The number of benzene rings is 1. The van der Waals surface area contributed by atoms with Gasteiger partial charge >= 0.3 is 0 Å². The Morgan fingerprint density at radius 1 is 1.67 bits per heavy atom. The average Bonchev–Trinajstić information content (AvgIpc) is 2.17. The van der Waals surface area contributed by atoms with Crippen molar-refractivity contribution in [3.63, 3.8) is 0 Å². The van der Waals surface area contributed by atoms with Gasteiger partial charge in [-0.15, -0.1) is 6.58 Å². The Balaban J connectivity index is 2.96. The molecule has 0 saturated carbocycles. The van der Waals surface area contributed by atoms with Crippen LogP contribution < -0.4 is 5.73 Å².